The predicted molar refractivity (Wildman–Crippen MR) is 116 cm³/mol. The van der Waals surface area contributed by atoms with E-state index in [2.05, 4.69) is 15.3 Å². The minimum absolute atomic E-state index is 0.204. The topological polar surface area (TPSA) is 64.1 Å². The van der Waals surface area contributed by atoms with E-state index in [1.165, 1.54) is 11.3 Å². The molecule has 1 amide bonds. The van der Waals surface area contributed by atoms with Crippen LogP contribution in [0.3, 0.4) is 0 Å². The third kappa shape index (κ3) is 4.17. The Morgan fingerprint density at radius 3 is 2.55 bits per heavy atom. The first-order valence-corrected chi connectivity index (χ1v) is 9.90. The number of carbonyl (C=O) groups excluding carboxylic acids is 1. The van der Waals surface area contributed by atoms with Crippen LogP contribution in [-0.4, -0.2) is 23.0 Å². The molecule has 0 atom stereocenters. The first-order valence-electron chi connectivity index (χ1n) is 9.09. The molecule has 4 rings (SSSR count). The molecule has 29 heavy (non-hydrogen) atoms. The molecule has 0 aliphatic carbocycles. The highest BCUT2D eigenvalue weighted by Gasteiger charge is 2.18. The first kappa shape index (κ1) is 18.8. The average Bonchev–Trinajstić information content (AvgIpc) is 3.19. The molecule has 0 spiro atoms. The third-order valence-electron chi connectivity index (χ3n) is 4.37. The maximum absolute atomic E-state index is 12.9. The van der Waals surface area contributed by atoms with Gasteiger partial charge in [-0.25, -0.2) is 9.97 Å². The molecular weight excluding hydrogens is 382 g/mol. The summed E-state index contributed by atoms with van der Waals surface area (Å²) in [5.41, 5.74) is 3.47. The number of anilines is 1. The number of benzene rings is 2. The van der Waals surface area contributed by atoms with Gasteiger partial charge in [-0.3, -0.25) is 4.79 Å². The van der Waals surface area contributed by atoms with E-state index in [0.29, 0.717) is 22.1 Å². The van der Waals surface area contributed by atoms with Gasteiger partial charge in [0.15, 0.2) is 0 Å². The largest absolute Gasteiger partial charge is 0.495 e. The van der Waals surface area contributed by atoms with Crippen LogP contribution in [0.15, 0.2) is 72.9 Å². The fraction of sp³-hybridized carbons (Fsp3) is 0.0870. The minimum Gasteiger partial charge on any atom is -0.495 e. The monoisotopic (exact) mass is 401 g/mol. The first-order chi connectivity index (χ1) is 14.1. The Balaban J connectivity index is 1.60. The number of carbonyl (C=O) groups is 1. The number of nitrogens with one attached hydrogen (secondary N) is 1. The Hall–Kier alpha value is -3.51. The standard InChI is InChI=1S/C23H19N3O2S/c1-15-24-12-11-19(25-15)17-9-6-10-18(13-17)26-23(27)22-20(28-2)14-21(29-22)16-7-4-3-5-8-16/h3-14H,1-2H3,(H,26,27). The number of amides is 1. The van der Waals surface area contributed by atoms with E-state index in [1.54, 1.807) is 13.3 Å². The van der Waals surface area contributed by atoms with Crippen LogP contribution in [0.5, 0.6) is 5.75 Å². The van der Waals surface area contributed by atoms with Crippen molar-refractivity contribution in [2.24, 2.45) is 0 Å². The Kier molecular flexibility index (Phi) is 5.35. The van der Waals surface area contributed by atoms with Crippen molar-refractivity contribution >= 4 is 22.9 Å². The van der Waals surface area contributed by atoms with Gasteiger partial charge >= 0.3 is 0 Å². The number of ether oxygens (including phenoxy) is 1. The van der Waals surface area contributed by atoms with Crippen molar-refractivity contribution in [2.75, 3.05) is 12.4 Å². The summed E-state index contributed by atoms with van der Waals surface area (Å²) in [6, 6.07) is 21.3. The molecule has 2 heterocycles. The summed E-state index contributed by atoms with van der Waals surface area (Å²) < 4.78 is 5.45. The molecule has 1 N–H and O–H groups in total. The summed E-state index contributed by atoms with van der Waals surface area (Å²) in [6.45, 7) is 1.85. The lowest BCUT2D eigenvalue weighted by atomic mass is 10.1. The van der Waals surface area contributed by atoms with Gasteiger partial charge < -0.3 is 10.1 Å². The van der Waals surface area contributed by atoms with Crippen LogP contribution in [0.1, 0.15) is 15.5 Å². The summed E-state index contributed by atoms with van der Waals surface area (Å²) in [6.07, 6.45) is 1.73. The summed E-state index contributed by atoms with van der Waals surface area (Å²) >= 11 is 1.41. The molecule has 144 valence electrons. The van der Waals surface area contributed by atoms with Crippen molar-refractivity contribution in [1.82, 2.24) is 9.97 Å². The molecule has 4 aromatic rings. The van der Waals surface area contributed by atoms with Crippen LogP contribution < -0.4 is 10.1 Å². The van der Waals surface area contributed by atoms with Gasteiger partial charge in [0.25, 0.3) is 5.91 Å². The molecule has 2 aromatic heterocycles. The van der Waals surface area contributed by atoms with Gasteiger partial charge in [0, 0.05) is 22.3 Å². The maximum Gasteiger partial charge on any atom is 0.269 e. The minimum atomic E-state index is -0.204. The van der Waals surface area contributed by atoms with Gasteiger partial charge in [-0.05, 0) is 36.8 Å². The van der Waals surface area contributed by atoms with Gasteiger partial charge in [-0.1, -0.05) is 42.5 Å². The van der Waals surface area contributed by atoms with Crippen LogP contribution in [0.25, 0.3) is 21.7 Å². The number of aryl methyl sites for hydroxylation is 1. The molecule has 0 unspecified atom stereocenters. The van der Waals surface area contributed by atoms with Gasteiger partial charge in [0.1, 0.15) is 16.5 Å². The van der Waals surface area contributed by atoms with E-state index in [1.807, 2.05) is 73.7 Å². The number of hydrogen-bond donors (Lipinski definition) is 1. The summed E-state index contributed by atoms with van der Waals surface area (Å²) in [5, 5.41) is 2.97. The smallest absolute Gasteiger partial charge is 0.269 e. The zero-order valence-corrected chi connectivity index (χ0v) is 16.9. The highest BCUT2D eigenvalue weighted by molar-refractivity contribution is 7.17. The van der Waals surface area contributed by atoms with Gasteiger partial charge in [0.2, 0.25) is 0 Å². The van der Waals surface area contributed by atoms with Crippen molar-refractivity contribution in [3.8, 4) is 27.4 Å². The zero-order valence-electron chi connectivity index (χ0n) is 16.0. The number of hydrogen-bond acceptors (Lipinski definition) is 5. The second-order valence-electron chi connectivity index (χ2n) is 6.40. The Morgan fingerprint density at radius 1 is 1.00 bits per heavy atom. The van der Waals surface area contributed by atoms with Crippen LogP contribution in [0.4, 0.5) is 5.69 Å². The summed E-state index contributed by atoms with van der Waals surface area (Å²) in [5.74, 6) is 1.06. The van der Waals surface area contributed by atoms with E-state index in [-0.39, 0.29) is 5.91 Å². The van der Waals surface area contributed by atoms with Crippen molar-refractivity contribution in [1.29, 1.82) is 0 Å². The fourth-order valence-electron chi connectivity index (χ4n) is 2.99. The molecule has 0 aliphatic heterocycles. The average molecular weight is 401 g/mol. The molecule has 0 radical (unpaired) electrons. The molecule has 0 saturated heterocycles. The fourth-order valence-corrected chi connectivity index (χ4v) is 4.02. The number of rotatable bonds is 5. The maximum atomic E-state index is 12.9. The normalized spacial score (nSPS) is 10.6. The van der Waals surface area contributed by atoms with Crippen molar-refractivity contribution in [3.05, 3.63) is 83.6 Å². The zero-order chi connectivity index (χ0) is 20.2. The van der Waals surface area contributed by atoms with E-state index >= 15 is 0 Å². The quantitative estimate of drug-likeness (QED) is 0.483. The van der Waals surface area contributed by atoms with Gasteiger partial charge in [0.05, 0.1) is 12.8 Å². The molecule has 6 heteroatoms. The van der Waals surface area contributed by atoms with Crippen LogP contribution in [0, 0.1) is 6.92 Å². The van der Waals surface area contributed by atoms with Crippen LogP contribution >= 0.6 is 11.3 Å². The third-order valence-corrected chi connectivity index (χ3v) is 5.54. The lowest BCUT2D eigenvalue weighted by Gasteiger charge is -2.08. The number of aromatic nitrogens is 2. The molecular formula is C23H19N3O2S. The molecule has 5 nitrogen and oxygen atoms in total. The van der Waals surface area contributed by atoms with Gasteiger partial charge in [-0.15, -0.1) is 11.3 Å². The van der Waals surface area contributed by atoms with E-state index in [9.17, 15) is 4.79 Å². The highest BCUT2D eigenvalue weighted by atomic mass is 32.1. The molecule has 0 saturated carbocycles. The second-order valence-corrected chi connectivity index (χ2v) is 7.45. The Bertz CT molecular complexity index is 1160. The lowest BCUT2D eigenvalue weighted by molar-refractivity contribution is 0.102. The molecule has 0 fully saturated rings. The number of nitrogens with zero attached hydrogens (tertiary/aromatic N) is 2. The molecule has 0 bridgehead atoms. The summed E-state index contributed by atoms with van der Waals surface area (Å²) in [7, 11) is 1.58. The lowest BCUT2D eigenvalue weighted by Crippen LogP contribution is -2.11. The van der Waals surface area contributed by atoms with Crippen LogP contribution in [0.2, 0.25) is 0 Å². The highest BCUT2D eigenvalue weighted by Crippen LogP contribution is 2.36. The van der Waals surface area contributed by atoms with Gasteiger partial charge in [-0.2, -0.15) is 0 Å². The molecule has 0 aliphatic rings. The van der Waals surface area contributed by atoms with E-state index in [4.69, 9.17) is 4.74 Å². The Labute approximate surface area is 173 Å². The second kappa shape index (κ2) is 8.24. The van der Waals surface area contributed by atoms with E-state index < -0.39 is 0 Å². The summed E-state index contributed by atoms with van der Waals surface area (Å²) in [4.78, 5) is 23.0. The van der Waals surface area contributed by atoms with Crippen molar-refractivity contribution in [3.63, 3.8) is 0 Å². The van der Waals surface area contributed by atoms with Crippen molar-refractivity contribution < 1.29 is 9.53 Å². The number of thiophene rings is 1. The van der Waals surface area contributed by atoms with E-state index in [0.717, 1.165) is 21.7 Å². The Morgan fingerprint density at radius 2 is 1.79 bits per heavy atom. The number of methoxy groups -OCH3 is 1. The van der Waals surface area contributed by atoms with Crippen LogP contribution in [-0.2, 0) is 0 Å². The SMILES string of the molecule is COc1cc(-c2ccccc2)sc1C(=O)Nc1cccc(-c2ccnc(C)n2)c1. The predicted octanol–water partition coefficient (Wildman–Crippen LogP) is 5.44. The molecule has 2 aromatic carbocycles. The van der Waals surface area contributed by atoms with Crippen molar-refractivity contribution in [2.45, 2.75) is 6.92 Å².